The molecular formula is C27H24ClN3O4S3. The minimum absolute atomic E-state index is 0.137. The number of para-hydroxylation sites is 1. The summed E-state index contributed by atoms with van der Waals surface area (Å²) in [5.41, 5.74) is 2.09. The Balaban J connectivity index is 1.31. The number of piperazine rings is 1. The molecule has 2 N–H and O–H groups in total. The van der Waals surface area contributed by atoms with Crippen LogP contribution in [0.1, 0.15) is 0 Å². The second-order valence-corrected chi connectivity index (χ2v) is 12.4. The van der Waals surface area contributed by atoms with Crippen LogP contribution >= 0.6 is 35.2 Å². The van der Waals surface area contributed by atoms with Crippen LogP contribution in [0.2, 0.25) is 5.02 Å². The van der Waals surface area contributed by atoms with Gasteiger partial charge in [-0.15, -0.1) is 11.3 Å². The van der Waals surface area contributed by atoms with E-state index in [1.54, 1.807) is 41.8 Å². The third kappa shape index (κ3) is 5.79. The molecule has 1 aromatic heterocycles. The predicted octanol–water partition coefficient (Wildman–Crippen LogP) is 6.27. The lowest BCUT2D eigenvalue weighted by Crippen LogP contribution is -2.51. The fourth-order valence-corrected chi connectivity index (χ4v) is 7.46. The van der Waals surface area contributed by atoms with Crippen LogP contribution < -0.4 is 10.1 Å². The summed E-state index contributed by atoms with van der Waals surface area (Å²) in [5, 5.41) is 15.7. The second-order valence-electron chi connectivity index (χ2n) is 8.54. The van der Waals surface area contributed by atoms with Crippen molar-refractivity contribution in [2.45, 2.75) is 4.21 Å². The lowest BCUT2D eigenvalue weighted by molar-refractivity contribution is 0.269. The van der Waals surface area contributed by atoms with Gasteiger partial charge in [-0.25, -0.2) is 8.42 Å². The van der Waals surface area contributed by atoms with Crippen molar-refractivity contribution < 1.29 is 18.3 Å². The van der Waals surface area contributed by atoms with Gasteiger partial charge in [-0.05, 0) is 78.3 Å². The molecule has 0 radical (unpaired) electrons. The monoisotopic (exact) mass is 585 g/mol. The molecule has 4 aromatic rings. The van der Waals surface area contributed by atoms with Gasteiger partial charge in [0, 0.05) is 48.0 Å². The number of hydrogen-bond donors (Lipinski definition) is 2. The molecule has 1 fully saturated rings. The number of nitrogens with one attached hydrogen (secondary N) is 1. The van der Waals surface area contributed by atoms with Crippen molar-refractivity contribution in [1.82, 2.24) is 9.21 Å². The van der Waals surface area contributed by atoms with Gasteiger partial charge in [0.25, 0.3) is 10.0 Å². The molecule has 0 amide bonds. The molecule has 11 heteroatoms. The van der Waals surface area contributed by atoms with Crippen LogP contribution in [0.4, 0.5) is 5.69 Å². The summed E-state index contributed by atoms with van der Waals surface area (Å²) in [6, 6.07) is 22.8. The van der Waals surface area contributed by atoms with Gasteiger partial charge in [0.1, 0.15) is 21.5 Å². The summed E-state index contributed by atoms with van der Waals surface area (Å²) in [5.74, 6) is 1.20. The SMILES string of the molecule is O=S(=O)(c1sccc1-c1ccccc1Oc1ccc(O)cc1)N1CCN(C(=S)Nc2ccc(Cl)cc2)CC1. The van der Waals surface area contributed by atoms with Gasteiger partial charge >= 0.3 is 0 Å². The highest BCUT2D eigenvalue weighted by atomic mass is 35.5. The van der Waals surface area contributed by atoms with Crippen LogP contribution in [0.5, 0.6) is 17.2 Å². The molecule has 38 heavy (non-hydrogen) atoms. The normalized spacial score (nSPS) is 14.3. The number of rotatable bonds is 6. The molecule has 1 saturated heterocycles. The minimum atomic E-state index is -3.75. The van der Waals surface area contributed by atoms with Crippen LogP contribution in [-0.4, -0.2) is 54.0 Å². The van der Waals surface area contributed by atoms with Crippen LogP contribution in [0.25, 0.3) is 11.1 Å². The van der Waals surface area contributed by atoms with E-state index in [-0.39, 0.29) is 9.96 Å². The number of ether oxygens (including phenoxy) is 1. The molecule has 0 spiro atoms. The molecule has 2 heterocycles. The van der Waals surface area contributed by atoms with E-state index in [4.69, 9.17) is 28.6 Å². The highest BCUT2D eigenvalue weighted by Gasteiger charge is 2.32. The Labute approximate surface area is 235 Å². The van der Waals surface area contributed by atoms with Crippen molar-refractivity contribution in [3.05, 3.63) is 89.3 Å². The van der Waals surface area contributed by atoms with Gasteiger partial charge in [0.05, 0.1) is 0 Å². The number of hydrogen-bond acceptors (Lipinski definition) is 6. The number of sulfonamides is 1. The average Bonchev–Trinajstić information content (AvgIpc) is 3.43. The maximum Gasteiger partial charge on any atom is 0.253 e. The Bertz CT molecular complexity index is 1530. The maximum atomic E-state index is 13.7. The summed E-state index contributed by atoms with van der Waals surface area (Å²) in [6.45, 7) is 1.57. The summed E-state index contributed by atoms with van der Waals surface area (Å²) >= 11 is 12.7. The van der Waals surface area contributed by atoms with E-state index in [2.05, 4.69) is 5.32 Å². The van der Waals surface area contributed by atoms with Gasteiger partial charge in [0.2, 0.25) is 0 Å². The number of thiocarbonyl (C=S) groups is 1. The van der Waals surface area contributed by atoms with E-state index in [9.17, 15) is 13.5 Å². The molecule has 1 aliphatic heterocycles. The summed E-state index contributed by atoms with van der Waals surface area (Å²) in [4.78, 5) is 1.96. The zero-order valence-electron chi connectivity index (χ0n) is 20.1. The van der Waals surface area contributed by atoms with Gasteiger partial charge in [-0.3, -0.25) is 0 Å². The van der Waals surface area contributed by atoms with E-state index in [1.807, 2.05) is 35.2 Å². The van der Waals surface area contributed by atoms with E-state index >= 15 is 0 Å². The molecule has 196 valence electrons. The predicted molar refractivity (Wildman–Crippen MR) is 156 cm³/mol. The molecule has 0 bridgehead atoms. The first kappa shape index (κ1) is 26.5. The summed E-state index contributed by atoms with van der Waals surface area (Å²) in [6.07, 6.45) is 0. The first-order chi connectivity index (χ1) is 18.3. The number of thiophene rings is 1. The minimum Gasteiger partial charge on any atom is -0.508 e. The highest BCUT2D eigenvalue weighted by molar-refractivity contribution is 7.91. The molecule has 0 unspecified atom stereocenters. The third-order valence-electron chi connectivity index (χ3n) is 6.07. The van der Waals surface area contributed by atoms with Crippen molar-refractivity contribution in [2.24, 2.45) is 0 Å². The van der Waals surface area contributed by atoms with E-state index in [0.29, 0.717) is 58.9 Å². The Kier molecular flexibility index (Phi) is 7.87. The van der Waals surface area contributed by atoms with Crippen molar-refractivity contribution >= 4 is 56.0 Å². The topological polar surface area (TPSA) is 82.1 Å². The molecule has 3 aromatic carbocycles. The Hall–Kier alpha value is -3.15. The van der Waals surface area contributed by atoms with Gasteiger partial charge < -0.3 is 20.1 Å². The number of anilines is 1. The molecule has 5 rings (SSSR count). The quantitative estimate of drug-likeness (QED) is 0.258. The number of benzene rings is 3. The van der Waals surface area contributed by atoms with Gasteiger partial charge in [-0.2, -0.15) is 4.31 Å². The van der Waals surface area contributed by atoms with Crippen LogP contribution in [0.3, 0.4) is 0 Å². The molecule has 1 aliphatic rings. The lowest BCUT2D eigenvalue weighted by atomic mass is 10.1. The van der Waals surface area contributed by atoms with Crippen LogP contribution in [-0.2, 0) is 10.0 Å². The van der Waals surface area contributed by atoms with Gasteiger partial charge in [0.15, 0.2) is 5.11 Å². The highest BCUT2D eigenvalue weighted by Crippen LogP contribution is 2.40. The number of phenolic OH excluding ortho intramolecular Hbond substituents is 1. The molecule has 0 atom stereocenters. The first-order valence-electron chi connectivity index (χ1n) is 11.8. The van der Waals surface area contributed by atoms with Crippen molar-refractivity contribution in [1.29, 1.82) is 0 Å². The fraction of sp³-hybridized carbons (Fsp3) is 0.148. The molecule has 0 saturated carbocycles. The standard InChI is InChI=1S/C27H24ClN3O4S3/c28-19-5-7-20(8-6-19)29-27(36)30-14-16-31(17-15-30)38(33,34)26-24(13-18-37-26)23-3-1-2-4-25(23)35-22-11-9-21(32)10-12-22/h1-13,18,32H,14-17H2,(H,29,36). The van der Waals surface area contributed by atoms with E-state index in [0.717, 1.165) is 5.69 Å². The molecular weight excluding hydrogens is 562 g/mol. The zero-order valence-corrected chi connectivity index (χ0v) is 23.3. The average molecular weight is 586 g/mol. The van der Waals surface area contributed by atoms with Crippen molar-refractivity contribution in [3.8, 4) is 28.4 Å². The Morgan fingerprint density at radius 1 is 0.921 bits per heavy atom. The molecule has 0 aliphatic carbocycles. The van der Waals surface area contributed by atoms with Crippen molar-refractivity contribution in [3.63, 3.8) is 0 Å². The fourth-order valence-electron chi connectivity index (χ4n) is 4.10. The zero-order chi connectivity index (χ0) is 26.7. The Morgan fingerprint density at radius 2 is 1.61 bits per heavy atom. The third-order valence-corrected chi connectivity index (χ3v) is 10.0. The van der Waals surface area contributed by atoms with Crippen molar-refractivity contribution in [2.75, 3.05) is 31.5 Å². The lowest BCUT2D eigenvalue weighted by Gasteiger charge is -2.35. The first-order valence-corrected chi connectivity index (χ1v) is 14.9. The number of aromatic hydroxyl groups is 1. The largest absolute Gasteiger partial charge is 0.508 e. The summed E-state index contributed by atoms with van der Waals surface area (Å²) in [7, 11) is -3.75. The number of halogens is 1. The number of phenols is 1. The van der Waals surface area contributed by atoms with Gasteiger partial charge in [-0.1, -0.05) is 29.8 Å². The number of nitrogens with zero attached hydrogens (tertiary/aromatic N) is 2. The Morgan fingerprint density at radius 3 is 2.32 bits per heavy atom. The van der Waals surface area contributed by atoms with Crippen LogP contribution in [0, 0.1) is 0 Å². The van der Waals surface area contributed by atoms with Crippen LogP contribution in [0.15, 0.2) is 88.5 Å². The maximum absolute atomic E-state index is 13.7. The van der Waals surface area contributed by atoms with E-state index in [1.165, 1.54) is 27.8 Å². The summed E-state index contributed by atoms with van der Waals surface area (Å²) < 4.78 is 35.3. The smallest absolute Gasteiger partial charge is 0.253 e. The second kappa shape index (κ2) is 11.3. The molecule has 7 nitrogen and oxygen atoms in total. The van der Waals surface area contributed by atoms with E-state index < -0.39 is 10.0 Å².